The van der Waals surface area contributed by atoms with Crippen molar-refractivity contribution in [2.75, 3.05) is 11.4 Å². The van der Waals surface area contributed by atoms with Gasteiger partial charge in [-0.25, -0.2) is 9.78 Å². The van der Waals surface area contributed by atoms with Gasteiger partial charge in [-0.1, -0.05) is 30.3 Å². The molecule has 0 saturated heterocycles. The van der Waals surface area contributed by atoms with E-state index in [9.17, 15) is 9.59 Å². The molecular formula is C20H19N3O3. The molecule has 6 heteroatoms. The first-order chi connectivity index (χ1) is 12.6. The van der Waals surface area contributed by atoms with Crippen LogP contribution in [0.4, 0.5) is 5.69 Å². The van der Waals surface area contributed by atoms with Gasteiger partial charge in [0.1, 0.15) is 0 Å². The van der Waals surface area contributed by atoms with E-state index < -0.39 is 12.1 Å². The minimum atomic E-state index is -0.934. The van der Waals surface area contributed by atoms with Crippen molar-refractivity contribution in [1.82, 2.24) is 9.97 Å². The molecule has 0 bridgehead atoms. The molecule has 2 aromatic carbocycles. The van der Waals surface area contributed by atoms with Crippen molar-refractivity contribution < 1.29 is 14.3 Å². The second kappa shape index (κ2) is 7.74. The Morgan fingerprint density at radius 2 is 1.69 bits per heavy atom. The van der Waals surface area contributed by atoms with E-state index in [1.807, 2.05) is 55.5 Å². The molecule has 3 aromatic rings. The third kappa shape index (κ3) is 3.69. The first-order valence-corrected chi connectivity index (χ1v) is 8.39. The number of hydrogen-bond acceptors (Lipinski definition) is 5. The molecule has 1 amide bonds. The number of rotatable bonds is 5. The maximum Gasteiger partial charge on any atom is 0.359 e. The standard InChI is InChI=1S/C20H19N3O3/c1-3-23(15-9-5-4-6-10-15)19(24)14(2)26-20(25)18-13-21-16-11-7-8-12-17(16)22-18/h4-14H,3H2,1-2H3/t14-/m0/s1. The highest BCUT2D eigenvalue weighted by Gasteiger charge is 2.25. The number of fused-ring (bicyclic) bond motifs is 1. The Kier molecular flexibility index (Phi) is 5.22. The summed E-state index contributed by atoms with van der Waals surface area (Å²) in [4.78, 5) is 35.0. The number of carbonyl (C=O) groups excluding carboxylic acids is 2. The smallest absolute Gasteiger partial charge is 0.359 e. The minimum Gasteiger partial charge on any atom is -0.448 e. The van der Waals surface area contributed by atoms with Crippen LogP contribution in [-0.2, 0) is 9.53 Å². The van der Waals surface area contributed by atoms with Crippen molar-refractivity contribution in [2.45, 2.75) is 20.0 Å². The number of hydrogen-bond donors (Lipinski definition) is 0. The number of para-hydroxylation sites is 3. The molecule has 0 unspecified atom stereocenters. The Hall–Kier alpha value is -3.28. The predicted octanol–water partition coefficient (Wildman–Crippen LogP) is 3.23. The van der Waals surface area contributed by atoms with Gasteiger partial charge in [-0.05, 0) is 38.1 Å². The van der Waals surface area contributed by atoms with Gasteiger partial charge < -0.3 is 9.64 Å². The number of carbonyl (C=O) groups is 2. The third-order valence-electron chi connectivity index (χ3n) is 3.94. The zero-order valence-electron chi connectivity index (χ0n) is 14.6. The van der Waals surface area contributed by atoms with Crippen molar-refractivity contribution in [3.05, 3.63) is 66.5 Å². The first-order valence-electron chi connectivity index (χ1n) is 8.39. The molecule has 1 heterocycles. The van der Waals surface area contributed by atoms with Gasteiger partial charge in [0.05, 0.1) is 17.2 Å². The second-order valence-electron chi connectivity index (χ2n) is 5.71. The van der Waals surface area contributed by atoms with Crippen LogP contribution in [0, 0.1) is 0 Å². The highest BCUT2D eigenvalue weighted by atomic mass is 16.5. The van der Waals surface area contributed by atoms with E-state index in [2.05, 4.69) is 9.97 Å². The number of anilines is 1. The molecule has 0 aliphatic carbocycles. The van der Waals surface area contributed by atoms with Crippen LogP contribution < -0.4 is 4.90 Å². The van der Waals surface area contributed by atoms with E-state index in [4.69, 9.17) is 4.74 Å². The van der Waals surface area contributed by atoms with Crippen molar-refractivity contribution in [3.63, 3.8) is 0 Å². The van der Waals surface area contributed by atoms with Gasteiger partial charge in [-0.15, -0.1) is 0 Å². The lowest BCUT2D eigenvalue weighted by Crippen LogP contribution is -2.40. The Morgan fingerprint density at radius 1 is 1.04 bits per heavy atom. The van der Waals surface area contributed by atoms with Gasteiger partial charge in [0.15, 0.2) is 11.8 Å². The summed E-state index contributed by atoms with van der Waals surface area (Å²) in [7, 11) is 0. The molecule has 1 aromatic heterocycles. The van der Waals surface area contributed by atoms with E-state index >= 15 is 0 Å². The van der Waals surface area contributed by atoms with Crippen LogP contribution in [0.5, 0.6) is 0 Å². The number of likely N-dealkylation sites (N-methyl/N-ethyl adjacent to an activating group) is 1. The van der Waals surface area contributed by atoms with Crippen LogP contribution in [0.1, 0.15) is 24.3 Å². The summed E-state index contributed by atoms with van der Waals surface area (Å²) in [5.74, 6) is -0.964. The monoisotopic (exact) mass is 349 g/mol. The maximum absolute atomic E-state index is 12.7. The quantitative estimate of drug-likeness (QED) is 0.661. The van der Waals surface area contributed by atoms with Gasteiger partial charge >= 0.3 is 5.97 Å². The van der Waals surface area contributed by atoms with Gasteiger partial charge in [0.25, 0.3) is 5.91 Å². The highest BCUT2D eigenvalue weighted by Crippen LogP contribution is 2.16. The Labute approximate surface area is 151 Å². The van der Waals surface area contributed by atoms with E-state index in [0.717, 1.165) is 5.69 Å². The van der Waals surface area contributed by atoms with Crippen LogP contribution in [0.3, 0.4) is 0 Å². The summed E-state index contributed by atoms with van der Waals surface area (Å²) >= 11 is 0. The van der Waals surface area contributed by atoms with Crippen LogP contribution in [0.25, 0.3) is 11.0 Å². The molecule has 3 rings (SSSR count). The Morgan fingerprint density at radius 3 is 2.38 bits per heavy atom. The van der Waals surface area contributed by atoms with E-state index in [-0.39, 0.29) is 11.6 Å². The van der Waals surface area contributed by atoms with Crippen LogP contribution in [0.15, 0.2) is 60.8 Å². The summed E-state index contributed by atoms with van der Waals surface area (Å²) in [6, 6.07) is 16.5. The average molecular weight is 349 g/mol. The molecule has 0 N–H and O–H groups in total. The number of benzene rings is 2. The third-order valence-corrected chi connectivity index (χ3v) is 3.94. The van der Waals surface area contributed by atoms with E-state index in [0.29, 0.717) is 17.6 Å². The second-order valence-corrected chi connectivity index (χ2v) is 5.71. The van der Waals surface area contributed by atoms with Gasteiger partial charge in [-0.3, -0.25) is 9.78 Å². The minimum absolute atomic E-state index is 0.0751. The molecule has 26 heavy (non-hydrogen) atoms. The lowest BCUT2D eigenvalue weighted by molar-refractivity contribution is -0.126. The summed E-state index contributed by atoms with van der Waals surface area (Å²) in [5.41, 5.74) is 2.12. The normalized spacial score (nSPS) is 11.8. The fraction of sp³-hybridized carbons (Fsp3) is 0.200. The maximum atomic E-state index is 12.7. The molecule has 0 fully saturated rings. The molecule has 132 valence electrons. The Bertz CT molecular complexity index is 928. The van der Waals surface area contributed by atoms with Gasteiger partial charge in [0, 0.05) is 12.2 Å². The van der Waals surface area contributed by atoms with Crippen molar-refractivity contribution >= 4 is 28.6 Å². The molecule has 0 saturated carbocycles. The van der Waals surface area contributed by atoms with Gasteiger partial charge in [-0.2, -0.15) is 0 Å². The molecule has 0 aliphatic rings. The fourth-order valence-electron chi connectivity index (χ4n) is 2.62. The number of esters is 1. The summed E-state index contributed by atoms with van der Waals surface area (Å²) in [6.07, 6.45) is 0.423. The molecule has 0 spiro atoms. The first kappa shape index (κ1) is 17.5. The SMILES string of the molecule is CCN(C(=O)[C@H](C)OC(=O)c1cnc2ccccc2n1)c1ccccc1. The van der Waals surface area contributed by atoms with Crippen LogP contribution >= 0.6 is 0 Å². The summed E-state index contributed by atoms with van der Waals surface area (Å²) in [5, 5.41) is 0. The topological polar surface area (TPSA) is 72.4 Å². The highest BCUT2D eigenvalue weighted by molar-refractivity contribution is 5.98. The molecular weight excluding hydrogens is 330 g/mol. The molecule has 0 radical (unpaired) electrons. The largest absolute Gasteiger partial charge is 0.448 e. The lowest BCUT2D eigenvalue weighted by Gasteiger charge is -2.24. The molecule has 0 aliphatic heterocycles. The predicted molar refractivity (Wildman–Crippen MR) is 98.9 cm³/mol. The molecule has 1 atom stereocenters. The number of ether oxygens (including phenoxy) is 1. The zero-order valence-corrected chi connectivity index (χ0v) is 14.6. The summed E-state index contributed by atoms with van der Waals surface area (Å²) < 4.78 is 5.32. The number of amides is 1. The number of nitrogens with zero attached hydrogens (tertiary/aromatic N) is 3. The van der Waals surface area contributed by atoms with Crippen molar-refractivity contribution in [1.29, 1.82) is 0 Å². The molecule has 6 nitrogen and oxygen atoms in total. The zero-order chi connectivity index (χ0) is 18.5. The fourth-order valence-corrected chi connectivity index (χ4v) is 2.62. The average Bonchev–Trinajstić information content (AvgIpc) is 2.68. The van der Waals surface area contributed by atoms with E-state index in [1.54, 1.807) is 17.9 Å². The lowest BCUT2D eigenvalue weighted by atomic mass is 10.2. The van der Waals surface area contributed by atoms with E-state index in [1.165, 1.54) is 6.20 Å². The van der Waals surface area contributed by atoms with Crippen LogP contribution in [-0.4, -0.2) is 34.5 Å². The Balaban J connectivity index is 1.74. The summed E-state index contributed by atoms with van der Waals surface area (Å²) in [6.45, 7) is 3.90. The number of aromatic nitrogens is 2. The van der Waals surface area contributed by atoms with Crippen LogP contribution in [0.2, 0.25) is 0 Å². The van der Waals surface area contributed by atoms with Gasteiger partial charge in [0.2, 0.25) is 0 Å². The van der Waals surface area contributed by atoms with Crippen molar-refractivity contribution in [3.8, 4) is 0 Å². The van der Waals surface area contributed by atoms with Crippen molar-refractivity contribution in [2.24, 2.45) is 0 Å².